The van der Waals surface area contributed by atoms with E-state index >= 15 is 0 Å². The summed E-state index contributed by atoms with van der Waals surface area (Å²) in [5.74, 6) is -0.881. The highest BCUT2D eigenvalue weighted by molar-refractivity contribution is 5.94. The molecule has 0 unspecified atom stereocenters. The SMILES string of the molecule is CC(C)[C@](NCC(F)(F)F)(C(N)=O)c1cncc(-c2c[nH]c3ncc(OCCN4CCN(C)CC4)cc23)c1. The Balaban J connectivity index is 1.59. The van der Waals surface area contributed by atoms with Crippen LogP contribution in [0.3, 0.4) is 0 Å². The van der Waals surface area contributed by atoms with Gasteiger partial charge in [-0.05, 0) is 25.1 Å². The van der Waals surface area contributed by atoms with Gasteiger partial charge in [-0.2, -0.15) is 13.2 Å². The summed E-state index contributed by atoms with van der Waals surface area (Å²) < 4.78 is 45.3. The molecule has 1 saturated heterocycles. The Hall–Kier alpha value is -3.22. The molecule has 1 aliphatic heterocycles. The number of nitrogens with two attached hydrogens (primary N) is 1. The Morgan fingerprint density at radius 2 is 1.92 bits per heavy atom. The predicted molar refractivity (Wildman–Crippen MR) is 139 cm³/mol. The van der Waals surface area contributed by atoms with Gasteiger partial charge in [-0.25, -0.2) is 4.98 Å². The number of carbonyl (C=O) groups excluding carboxylic acids is 1. The lowest BCUT2D eigenvalue weighted by atomic mass is 9.79. The maximum atomic E-state index is 13.1. The Morgan fingerprint density at radius 3 is 2.58 bits per heavy atom. The third-order valence-corrected chi connectivity index (χ3v) is 7.11. The van der Waals surface area contributed by atoms with E-state index in [0.29, 0.717) is 23.6 Å². The molecule has 0 aliphatic carbocycles. The zero-order chi connectivity index (χ0) is 27.5. The van der Waals surface area contributed by atoms with Crippen molar-refractivity contribution in [1.29, 1.82) is 0 Å². The van der Waals surface area contributed by atoms with Crippen molar-refractivity contribution in [1.82, 2.24) is 30.1 Å². The molecular formula is C26H34F3N7O2. The number of nitrogens with one attached hydrogen (secondary N) is 2. The van der Waals surface area contributed by atoms with Gasteiger partial charge in [0.1, 0.15) is 23.5 Å². The molecule has 9 nitrogen and oxygen atoms in total. The highest BCUT2D eigenvalue weighted by Crippen LogP contribution is 2.35. The number of nitrogens with zero attached hydrogens (tertiary/aromatic N) is 4. The molecule has 1 aliphatic rings. The number of halogens is 3. The monoisotopic (exact) mass is 533 g/mol. The number of likely N-dealkylation sites (N-methyl/N-ethyl adjacent to an activating group) is 1. The summed E-state index contributed by atoms with van der Waals surface area (Å²) in [6.45, 7) is 7.32. The molecule has 1 fully saturated rings. The number of piperazine rings is 1. The molecule has 4 N–H and O–H groups in total. The number of aromatic nitrogens is 3. The minimum atomic E-state index is -4.52. The van der Waals surface area contributed by atoms with Gasteiger partial charge in [-0.1, -0.05) is 13.8 Å². The minimum absolute atomic E-state index is 0.253. The van der Waals surface area contributed by atoms with Crippen molar-refractivity contribution < 1.29 is 22.7 Å². The number of fused-ring (bicyclic) bond motifs is 1. The van der Waals surface area contributed by atoms with Gasteiger partial charge in [-0.15, -0.1) is 0 Å². The Kier molecular flexibility index (Phi) is 8.24. The Morgan fingerprint density at radius 1 is 1.18 bits per heavy atom. The average Bonchev–Trinajstić information content (AvgIpc) is 3.28. The largest absolute Gasteiger partial charge is 0.491 e. The van der Waals surface area contributed by atoms with Gasteiger partial charge in [0, 0.05) is 73.4 Å². The minimum Gasteiger partial charge on any atom is -0.491 e. The van der Waals surface area contributed by atoms with Gasteiger partial charge in [-0.3, -0.25) is 20.0 Å². The van der Waals surface area contributed by atoms with Crippen LogP contribution < -0.4 is 15.8 Å². The smallest absolute Gasteiger partial charge is 0.401 e. The summed E-state index contributed by atoms with van der Waals surface area (Å²) in [6, 6.07) is 3.52. The van der Waals surface area contributed by atoms with E-state index in [4.69, 9.17) is 10.5 Å². The zero-order valence-corrected chi connectivity index (χ0v) is 21.8. The molecular weight excluding hydrogens is 499 g/mol. The van der Waals surface area contributed by atoms with Crippen LogP contribution >= 0.6 is 0 Å². The summed E-state index contributed by atoms with van der Waals surface area (Å²) in [5.41, 5.74) is 6.13. The van der Waals surface area contributed by atoms with E-state index in [1.54, 1.807) is 38.5 Å². The van der Waals surface area contributed by atoms with Crippen molar-refractivity contribution in [3.05, 3.63) is 42.5 Å². The number of carbonyl (C=O) groups is 1. The van der Waals surface area contributed by atoms with Crippen LogP contribution in [0.5, 0.6) is 5.75 Å². The number of amides is 1. The average molecular weight is 534 g/mol. The van der Waals surface area contributed by atoms with Crippen molar-refractivity contribution in [3.8, 4) is 16.9 Å². The fourth-order valence-corrected chi connectivity index (χ4v) is 4.86. The van der Waals surface area contributed by atoms with Gasteiger partial charge in [0.25, 0.3) is 0 Å². The Labute approximate surface area is 219 Å². The van der Waals surface area contributed by atoms with Gasteiger partial charge in [0.15, 0.2) is 0 Å². The van der Waals surface area contributed by atoms with Crippen molar-refractivity contribution in [2.45, 2.75) is 25.6 Å². The van der Waals surface area contributed by atoms with Crippen LogP contribution in [-0.2, 0) is 10.3 Å². The van der Waals surface area contributed by atoms with E-state index in [1.807, 2.05) is 6.07 Å². The molecule has 4 rings (SSSR count). The first-order chi connectivity index (χ1) is 18.0. The first kappa shape index (κ1) is 27.8. The van der Waals surface area contributed by atoms with Crippen LogP contribution in [-0.4, -0.2) is 89.8 Å². The molecule has 4 heterocycles. The molecule has 0 saturated carbocycles. The molecule has 0 radical (unpaired) electrons. The molecule has 0 aromatic carbocycles. The lowest BCUT2D eigenvalue weighted by molar-refractivity contribution is -0.139. The number of H-pyrrole nitrogens is 1. The number of hydrogen-bond acceptors (Lipinski definition) is 7. The number of rotatable bonds is 10. The molecule has 3 aromatic rings. The number of alkyl halides is 3. The van der Waals surface area contributed by atoms with Crippen LogP contribution in [0.4, 0.5) is 13.2 Å². The fourth-order valence-electron chi connectivity index (χ4n) is 4.86. The van der Waals surface area contributed by atoms with E-state index < -0.39 is 30.1 Å². The maximum Gasteiger partial charge on any atom is 0.401 e. The van der Waals surface area contributed by atoms with Crippen molar-refractivity contribution in [2.75, 3.05) is 52.9 Å². The van der Waals surface area contributed by atoms with Crippen molar-refractivity contribution in [3.63, 3.8) is 0 Å². The normalized spacial score (nSPS) is 17.1. The third kappa shape index (κ3) is 6.08. The maximum absolute atomic E-state index is 13.1. The lowest BCUT2D eigenvalue weighted by Crippen LogP contribution is -2.58. The predicted octanol–water partition coefficient (Wildman–Crippen LogP) is 2.74. The number of hydrogen-bond donors (Lipinski definition) is 3. The first-order valence-corrected chi connectivity index (χ1v) is 12.6. The second kappa shape index (κ2) is 11.3. The second-order valence-electron chi connectivity index (χ2n) is 10.0. The summed E-state index contributed by atoms with van der Waals surface area (Å²) in [5, 5.41) is 3.14. The molecule has 206 valence electrons. The molecule has 0 bridgehead atoms. The van der Waals surface area contributed by atoms with Crippen molar-refractivity contribution in [2.24, 2.45) is 11.7 Å². The number of aromatic amines is 1. The number of ether oxygens (including phenoxy) is 1. The zero-order valence-electron chi connectivity index (χ0n) is 21.8. The van der Waals surface area contributed by atoms with Gasteiger partial charge in [0.2, 0.25) is 5.91 Å². The van der Waals surface area contributed by atoms with E-state index in [-0.39, 0.29) is 5.56 Å². The van der Waals surface area contributed by atoms with E-state index in [2.05, 4.69) is 37.1 Å². The Bertz CT molecular complexity index is 1260. The van der Waals surface area contributed by atoms with E-state index in [0.717, 1.165) is 43.7 Å². The summed E-state index contributed by atoms with van der Waals surface area (Å²) in [6.07, 6.45) is 1.83. The van der Waals surface area contributed by atoms with Crippen LogP contribution in [0, 0.1) is 5.92 Å². The van der Waals surface area contributed by atoms with Crippen LogP contribution in [0.2, 0.25) is 0 Å². The second-order valence-corrected chi connectivity index (χ2v) is 10.0. The highest BCUT2D eigenvalue weighted by Gasteiger charge is 2.44. The van der Waals surface area contributed by atoms with E-state index in [9.17, 15) is 18.0 Å². The lowest BCUT2D eigenvalue weighted by Gasteiger charge is -2.36. The quantitative estimate of drug-likeness (QED) is 0.367. The molecule has 0 spiro atoms. The highest BCUT2D eigenvalue weighted by atomic mass is 19.4. The molecule has 1 atom stereocenters. The first-order valence-electron chi connectivity index (χ1n) is 12.6. The topological polar surface area (TPSA) is 112 Å². The summed E-state index contributed by atoms with van der Waals surface area (Å²) in [4.78, 5) is 29.1. The molecule has 12 heteroatoms. The molecule has 3 aromatic heterocycles. The third-order valence-electron chi connectivity index (χ3n) is 7.11. The standard InChI is InChI=1S/C26H34F3N7O2/c1-17(2)26(24(30)37,34-16-25(27,28)29)19-10-18(12-31-13-19)22-15-33-23-21(22)11-20(14-32-23)38-9-8-36-6-4-35(3)5-7-36/h10-15,17,34H,4-9,16H2,1-3H3,(H2,30,37)(H,32,33)/t26-/m1/s1. The fraction of sp³-hybridized carbons (Fsp3) is 0.500. The van der Waals surface area contributed by atoms with Gasteiger partial charge >= 0.3 is 6.18 Å². The number of pyridine rings is 2. The molecule has 1 amide bonds. The van der Waals surface area contributed by atoms with Crippen LogP contribution in [0.15, 0.2) is 36.9 Å². The number of primary amides is 1. The van der Waals surface area contributed by atoms with Gasteiger partial charge in [0.05, 0.1) is 12.7 Å². The molecule has 38 heavy (non-hydrogen) atoms. The van der Waals surface area contributed by atoms with Gasteiger partial charge < -0.3 is 20.4 Å². The summed E-state index contributed by atoms with van der Waals surface area (Å²) in [7, 11) is 2.12. The van der Waals surface area contributed by atoms with E-state index in [1.165, 1.54) is 6.20 Å². The van der Waals surface area contributed by atoms with Crippen LogP contribution in [0.25, 0.3) is 22.2 Å². The van der Waals surface area contributed by atoms with Crippen molar-refractivity contribution >= 4 is 16.9 Å². The summed E-state index contributed by atoms with van der Waals surface area (Å²) >= 11 is 0. The van der Waals surface area contributed by atoms with Crippen LogP contribution in [0.1, 0.15) is 19.4 Å².